The number of hydrogen-bond donors (Lipinski definition) is 2. The Bertz CT molecular complexity index is 308. The molecule has 1 amide bonds. The second-order valence-corrected chi connectivity index (χ2v) is 3.14. The summed E-state index contributed by atoms with van der Waals surface area (Å²) >= 11 is 0. The molecule has 0 atom stereocenters. The van der Waals surface area contributed by atoms with Gasteiger partial charge in [-0.15, -0.1) is 0 Å². The van der Waals surface area contributed by atoms with Gasteiger partial charge in [0.1, 0.15) is 11.5 Å². The molecule has 0 bridgehead atoms. The van der Waals surface area contributed by atoms with Crippen molar-refractivity contribution in [1.82, 2.24) is 15.1 Å². The van der Waals surface area contributed by atoms with Crippen molar-refractivity contribution in [3.8, 4) is 0 Å². The summed E-state index contributed by atoms with van der Waals surface area (Å²) < 4.78 is 0. The minimum absolute atomic E-state index is 0.0270. The molecule has 1 heterocycles. The lowest BCUT2D eigenvalue weighted by Crippen LogP contribution is -2.27. The number of carbonyl (C=O) groups excluding carboxylic acids is 1. The molecule has 0 unspecified atom stereocenters. The molecule has 0 saturated heterocycles. The number of H-pyrrole nitrogens is 1. The summed E-state index contributed by atoms with van der Waals surface area (Å²) in [7, 11) is 3.55. The van der Waals surface area contributed by atoms with Crippen LogP contribution >= 0.6 is 0 Å². The molecule has 5 nitrogen and oxygen atoms in total. The van der Waals surface area contributed by atoms with Crippen LogP contribution in [0.25, 0.3) is 0 Å². The zero-order valence-corrected chi connectivity index (χ0v) is 8.79. The van der Waals surface area contributed by atoms with Gasteiger partial charge in [0, 0.05) is 26.7 Å². The van der Waals surface area contributed by atoms with Gasteiger partial charge in [0.25, 0.3) is 5.91 Å². The van der Waals surface area contributed by atoms with E-state index in [0.29, 0.717) is 11.5 Å². The van der Waals surface area contributed by atoms with E-state index < -0.39 is 0 Å². The van der Waals surface area contributed by atoms with E-state index in [0.717, 1.165) is 13.0 Å². The monoisotopic (exact) mass is 196 g/mol. The van der Waals surface area contributed by atoms with Gasteiger partial charge in [-0.05, 0) is 6.42 Å². The molecular weight excluding hydrogens is 180 g/mol. The molecule has 0 saturated carbocycles. The van der Waals surface area contributed by atoms with Gasteiger partial charge in [0.15, 0.2) is 0 Å². The molecule has 1 aromatic rings. The maximum Gasteiger partial charge on any atom is 0.271 e. The van der Waals surface area contributed by atoms with Crippen molar-refractivity contribution >= 4 is 11.7 Å². The molecule has 0 fully saturated rings. The van der Waals surface area contributed by atoms with Crippen LogP contribution in [0.15, 0.2) is 6.07 Å². The van der Waals surface area contributed by atoms with E-state index in [2.05, 4.69) is 15.5 Å². The summed E-state index contributed by atoms with van der Waals surface area (Å²) in [6.45, 7) is 2.79. The van der Waals surface area contributed by atoms with Crippen LogP contribution in [0.1, 0.15) is 23.8 Å². The Hall–Kier alpha value is -1.52. The average molecular weight is 196 g/mol. The molecule has 1 rings (SSSR count). The van der Waals surface area contributed by atoms with E-state index >= 15 is 0 Å². The highest BCUT2D eigenvalue weighted by Crippen LogP contribution is 2.06. The highest BCUT2D eigenvalue weighted by atomic mass is 16.2. The molecule has 5 heteroatoms. The third-order valence-corrected chi connectivity index (χ3v) is 1.97. The summed E-state index contributed by atoms with van der Waals surface area (Å²) in [5.41, 5.74) is 0.519. The first-order valence-electron chi connectivity index (χ1n) is 4.67. The molecule has 0 spiro atoms. The summed E-state index contributed by atoms with van der Waals surface area (Å²) in [5.74, 6) is 0.652. The molecular formula is C9H16N4O. The molecule has 78 valence electrons. The highest BCUT2D eigenvalue weighted by molar-refractivity contribution is 5.92. The predicted molar refractivity (Wildman–Crippen MR) is 55.4 cm³/mol. The first kappa shape index (κ1) is 10.6. The number of aromatic nitrogens is 2. The van der Waals surface area contributed by atoms with Crippen LogP contribution in [0, 0.1) is 0 Å². The topological polar surface area (TPSA) is 61.0 Å². The Morgan fingerprint density at radius 3 is 2.93 bits per heavy atom. The van der Waals surface area contributed by atoms with E-state index in [4.69, 9.17) is 0 Å². The Labute approximate surface area is 83.5 Å². The van der Waals surface area contributed by atoms with Crippen LogP contribution in [0.5, 0.6) is 0 Å². The van der Waals surface area contributed by atoms with E-state index in [9.17, 15) is 4.79 Å². The summed E-state index contributed by atoms with van der Waals surface area (Å²) in [6, 6.07) is 1.70. The standard InChI is InChI=1S/C9H16N4O/c1-4-5-13(3)9(14)7-6-8(10-2)12-11-7/h6H,4-5H2,1-3H3,(H2,10,11,12). The normalized spacial score (nSPS) is 9.93. The SMILES string of the molecule is CCCN(C)C(=O)c1cc(NC)n[nH]1. The second-order valence-electron chi connectivity index (χ2n) is 3.14. The van der Waals surface area contributed by atoms with E-state index in [1.807, 2.05) is 6.92 Å². The van der Waals surface area contributed by atoms with Crippen molar-refractivity contribution < 1.29 is 4.79 Å². The maximum absolute atomic E-state index is 11.7. The Morgan fingerprint density at radius 2 is 2.43 bits per heavy atom. The quantitative estimate of drug-likeness (QED) is 0.753. The summed E-state index contributed by atoms with van der Waals surface area (Å²) in [6.07, 6.45) is 0.954. The van der Waals surface area contributed by atoms with Gasteiger partial charge in [-0.1, -0.05) is 6.92 Å². The van der Waals surface area contributed by atoms with Crippen molar-refractivity contribution in [2.45, 2.75) is 13.3 Å². The molecule has 0 aliphatic carbocycles. The molecule has 0 aliphatic rings. The number of amides is 1. The van der Waals surface area contributed by atoms with Crippen LogP contribution in [0.4, 0.5) is 5.82 Å². The summed E-state index contributed by atoms with van der Waals surface area (Å²) in [4.78, 5) is 13.4. The maximum atomic E-state index is 11.7. The number of anilines is 1. The molecule has 0 radical (unpaired) electrons. The number of nitrogens with one attached hydrogen (secondary N) is 2. The van der Waals surface area contributed by atoms with Gasteiger partial charge in [-0.3, -0.25) is 9.89 Å². The van der Waals surface area contributed by atoms with Gasteiger partial charge >= 0.3 is 0 Å². The Kier molecular flexibility index (Phi) is 3.50. The average Bonchev–Trinajstić information content (AvgIpc) is 2.65. The van der Waals surface area contributed by atoms with Gasteiger partial charge in [0.05, 0.1) is 0 Å². The minimum Gasteiger partial charge on any atom is -0.372 e. The molecule has 0 aromatic carbocycles. The highest BCUT2D eigenvalue weighted by Gasteiger charge is 2.13. The van der Waals surface area contributed by atoms with E-state index in [1.54, 1.807) is 25.1 Å². The number of rotatable bonds is 4. The molecule has 0 aliphatic heterocycles. The fraction of sp³-hybridized carbons (Fsp3) is 0.556. The molecule has 1 aromatic heterocycles. The fourth-order valence-corrected chi connectivity index (χ4v) is 1.20. The fourth-order valence-electron chi connectivity index (χ4n) is 1.20. The van der Waals surface area contributed by atoms with Crippen LogP contribution in [0.3, 0.4) is 0 Å². The van der Waals surface area contributed by atoms with Crippen LogP contribution in [0.2, 0.25) is 0 Å². The zero-order valence-electron chi connectivity index (χ0n) is 8.79. The van der Waals surface area contributed by atoms with Crippen molar-refractivity contribution in [1.29, 1.82) is 0 Å². The van der Waals surface area contributed by atoms with Gasteiger partial charge < -0.3 is 10.2 Å². The van der Waals surface area contributed by atoms with Crippen molar-refractivity contribution in [2.24, 2.45) is 0 Å². The van der Waals surface area contributed by atoms with Crippen molar-refractivity contribution in [3.63, 3.8) is 0 Å². The first-order chi connectivity index (χ1) is 6.69. The Balaban J connectivity index is 2.68. The van der Waals surface area contributed by atoms with Crippen molar-refractivity contribution in [2.75, 3.05) is 26.0 Å². The largest absolute Gasteiger partial charge is 0.372 e. The lowest BCUT2D eigenvalue weighted by Gasteiger charge is -2.14. The third-order valence-electron chi connectivity index (χ3n) is 1.97. The van der Waals surface area contributed by atoms with Crippen molar-refractivity contribution in [3.05, 3.63) is 11.8 Å². The second kappa shape index (κ2) is 4.64. The first-order valence-corrected chi connectivity index (χ1v) is 4.67. The lowest BCUT2D eigenvalue weighted by atomic mass is 10.3. The van der Waals surface area contributed by atoms with E-state index in [-0.39, 0.29) is 5.91 Å². The van der Waals surface area contributed by atoms with Gasteiger partial charge in [-0.25, -0.2) is 0 Å². The minimum atomic E-state index is -0.0270. The number of carbonyl (C=O) groups is 1. The lowest BCUT2D eigenvalue weighted by molar-refractivity contribution is 0.0789. The number of aromatic amines is 1. The van der Waals surface area contributed by atoms with Crippen LogP contribution in [-0.4, -0.2) is 41.6 Å². The van der Waals surface area contributed by atoms with Crippen LogP contribution in [-0.2, 0) is 0 Å². The zero-order chi connectivity index (χ0) is 10.6. The molecule has 14 heavy (non-hydrogen) atoms. The number of hydrogen-bond acceptors (Lipinski definition) is 3. The predicted octanol–water partition coefficient (Wildman–Crippen LogP) is 0.933. The summed E-state index contributed by atoms with van der Waals surface area (Å²) in [5, 5.41) is 9.47. The van der Waals surface area contributed by atoms with Gasteiger partial charge in [-0.2, -0.15) is 5.10 Å². The van der Waals surface area contributed by atoms with E-state index in [1.165, 1.54) is 0 Å². The Morgan fingerprint density at radius 1 is 1.71 bits per heavy atom. The van der Waals surface area contributed by atoms with Gasteiger partial charge in [0.2, 0.25) is 0 Å². The third kappa shape index (κ3) is 2.25. The smallest absolute Gasteiger partial charge is 0.271 e. The number of nitrogens with zero attached hydrogens (tertiary/aromatic N) is 2. The van der Waals surface area contributed by atoms with Crippen LogP contribution < -0.4 is 5.32 Å². The molecule has 2 N–H and O–H groups in total.